The second-order valence-electron chi connectivity index (χ2n) is 6.54. The van der Waals surface area contributed by atoms with E-state index in [1.54, 1.807) is 16.7 Å². The molecule has 0 aliphatic carbocycles. The summed E-state index contributed by atoms with van der Waals surface area (Å²) in [6.45, 7) is 2.07. The van der Waals surface area contributed by atoms with Crippen molar-refractivity contribution in [1.82, 2.24) is 0 Å². The molecular weight excluding hydrogens is 352 g/mol. The molecule has 1 atom stereocenters. The Labute approximate surface area is 163 Å². The maximum Gasteiger partial charge on any atom is 0.247 e. The highest BCUT2D eigenvalue weighted by Gasteiger charge is 2.38. The van der Waals surface area contributed by atoms with Crippen LogP contribution in [0.15, 0.2) is 89.9 Å². The van der Waals surface area contributed by atoms with Crippen LogP contribution in [0, 0.1) is 6.92 Å². The second-order valence-corrected chi connectivity index (χ2v) is 7.71. The largest absolute Gasteiger partial charge is 0.273 e. The minimum Gasteiger partial charge on any atom is -0.273 e. The molecule has 4 heteroatoms. The fourth-order valence-electron chi connectivity index (χ4n) is 3.04. The molecule has 27 heavy (non-hydrogen) atoms. The number of benzene rings is 3. The van der Waals surface area contributed by atoms with Crippen LogP contribution in [0.2, 0.25) is 0 Å². The maximum atomic E-state index is 13.2. The van der Waals surface area contributed by atoms with Gasteiger partial charge in [0.25, 0.3) is 0 Å². The number of para-hydroxylation sites is 2. The first-order chi connectivity index (χ1) is 13.2. The first-order valence-electron chi connectivity index (χ1n) is 8.96. The number of hydrogen-bond acceptors (Lipinski definition) is 3. The van der Waals surface area contributed by atoms with Gasteiger partial charge in [0.15, 0.2) is 5.17 Å². The molecule has 3 aromatic carbocycles. The summed E-state index contributed by atoms with van der Waals surface area (Å²) in [5.41, 5.74) is 4.10. The summed E-state index contributed by atoms with van der Waals surface area (Å²) in [5, 5.41) is 0.560. The molecule has 1 aliphatic rings. The van der Waals surface area contributed by atoms with Crippen molar-refractivity contribution in [2.45, 2.75) is 18.6 Å². The van der Waals surface area contributed by atoms with Crippen LogP contribution in [0.5, 0.6) is 0 Å². The summed E-state index contributed by atoms with van der Waals surface area (Å²) in [5.74, 6) is 0.0847. The molecule has 1 heterocycles. The monoisotopic (exact) mass is 372 g/mol. The number of anilines is 1. The van der Waals surface area contributed by atoms with Crippen LogP contribution in [0.1, 0.15) is 11.1 Å². The predicted molar refractivity (Wildman–Crippen MR) is 114 cm³/mol. The molecule has 4 rings (SSSR count). The molecule has 0 radical (unpaired) electrons. The van der Waals surface area contributed by atoms with Crippen molar-refractivity contribution >= 4 is 34.2 Å². The Morgan fingerprint density at radius 2 is 1.52 bits per heavy atom. The van der Waals surface area contributed by atoms with Gasteiger partial charge in [-0.2, -0.15) is 0 Å². The van der Waals surface area contributed by atoms with Gasteiger partial charge in [0.1, 0.15) is 0 Å². The smallest absolute Gasteiger partial charge is 0.247 e. The summed E-state index contributed by atoms with van der Waals surface area (Å²) in [7, 11) is 0. The first-order valence-corrected chi connectivity index (χ1v) is 9.83. The van der Waals surface area contributed by atoms with Gasteiger partial charge in [-0.25, -0.2) is 4.99 Å². The van der Waals surface area contributed by atoms with E-state index in [9.17, 15) is 4.79 Å². The highest BCUT2D eigenvalue weighted by atomic mass is 32.2. The number of nitrogens with zero attached hydrogens (tertiary/aromatic N) is 2. The van der Waals surface area contributed by atoms with Crippen LogP contribution < -0.4 is 4.90 Å². The van der Waals surface area contributed by atoms with E-state index in [0.717, 1.165) is 16.5 Å². The Bertz CT molecular complexity index is 953. The van der Waals surface area contributed by atoms with Crippen LogP contribution >= 0.6 is 11.8 Å². The third-order valence-electron chi connectivity index (χ3n) is 4.47. The number of aryl methyl sites for hydroxylation is 1. The van der Waals surface area contributed by atoms with E-state index < -0.39 is 0 Å². The quantitative estimate of drug-likeness (QED) is 0.616. The van der Waals surface area contributed by atoms with Gasteiger partial charge in [0.2, 0.25) is 5.91 Å². The number of amides is 1. The summed E-state index contributed by atoms with van der Waals surface area (Å²) >= 11 is 1.54. The minimum absolute atomic E-state index is 0.0847. The van der Waals surface area contributed by atoms with E-state index in [-0.39, 0.29) is 11.2 Å². The fraction of sp³-hybridized carbons (Fsp3) is 0.130. The van der Waals surface area contributed by atoms with Crippen LogP contribution in [0.3, 0.4) is 0 Å². The molecule has 134 valence electrons. The lowest BCUT2D eigenvalue weighted by Gasteiger charge is -2.16. The van der Waals surface area contributed by atoms with E-state index in [1.807, 2.05) is 60.7 Å². The summed E-state index contributed by atoms with van der Waals surface area (Å²) in [6, 6.07) is 27.9. The molecule has 0 unspecified atom stereocenters. The zero-order valence-corrected chi connectivity index (χ0v) is 15.9. The average Bonchev–Trinajstić information content (AvgIpc) is 3.00. The van der Waals surface area contributed by atoms with Crippen molar-refractivity contribution in [2.75, 3.05) is 4.90 Å². The Morgan fingerprint density at radius 3 is 2.19 bits per heavy atom. The van der Waals surface area contributed by atoms with Crippen molar-refractivity contribution in [3.63, 3.8) is 0 Å². The normalized spacial score (nSPS) is 18.3. The van der Waals surface area contributed by atoms with E-state index in [2.05, 4.69) is 31.2 Å². The number of aliphatic imine (C=N–C) groups is 1. The lowest BCUT2D eigenvalue weighted by molar-refractivity contribution is -0.116. The van der Waals surface area contributed by atoms with Crippen molar-refractivity contribution in [1.29, 1.82) is 0 Å². The van der Waals surface area contributed by atoms with E-state index in [1.165, 1.54) is 11.1 Å². The van der Waals surface area contributed by atoms with Crippen molar-refractivity contribution in [3.8, 4) is 0 Å². The molecule has 1 saturated heterocycles. The van der Waals surface area contributed by atoms with E-state index in [0.29, 0.717) is 6.42 Å². The van der Waals surface area contributed by atoms with Gasteiger partial charge in [-0.1, -0.05) is 78.0 Å². The molecule has 3 aromatic rings. The lowest BCUT2D eigenvalue weighted by atomic mass is 10.1. The van der Waals surface area contributed by atoms with E-state index >= 15 is 0 Å². The Hall–Kier alpha value is -2.85. The molecule has 1 amide bonds. The lowest BCUT2D eigenvalue weighted by Crippen LogP contribution is -2.32. The molecule has 0 bridgehead atoms. The summed E-state index contributed by atoms with van der Waals surface area (Å²) < 4.78 is 0. The van der Waals surface area contributed by atoms with Crippen molar-refractivity contribution in [2.24, 2.45) is 4.99 Å². The van der Waals surface area contributed by atoms with Crippen LogP contribution in [0.4, 0.5) is 11.4 Å². The molecule has 3 nitrogen and oxygen atoms in total. The number of rotatable bonds is 4. The van der Waals surface area contributed by atoms with Crippen LogP contribution in [-0.4, -0.2) is 16.3 Å². The zero-order chi connectivity index (χ0) is 18.6. The average molecular weight is 372 g/mol. The Kier molecular flexibility index (Phi) is 5.07. The topological polar surface area (TPSA) is 32.7 Å². The van der Waals surface area contributed by atoms with Gasteiger partial charge < -0.3 is 0 Å². The first kappa shape index (κ1) is 17.6. The van der Waals surface area contributed by atoms with Gasteiger partial charge >= 0.3 is 0 Å². The van der Waals surface area contributed by atoms with Crippen molar-refractivity contribution < 1.29 is 4.79 Å². The summed E-state index contributed by atoms with van der Waals surface area (Å²) in [4.78, 5) is 19.7. The number of thioether (sulfide) groups is 1. The maximum absolute atomic E-state index is 13.2. The summed E-state index contributed by atoms with van der Waals surface area (Å²) in [6.07, 6.45) is 0.695. The number of carbonyl (C=O) groups is 1. The van der Waals surface area contributed by atoms with Crippen molar-refractivity contribution in [3.05, 3.63) is 96.1 Å². The number of amidine groups is 1. The van der Waals surface area contributed by atoms with Gasteiger partial charge in [0, 0.05) is 0 Å². The third kappa shape index (κ3) is 3.96. The predicted octanol–water partition coefficient (Wildman–Crippen LogP) is 5.37. The molecule has 0 saturated carbocycles. The van der Waals surface area contributed by atoms with Gasteiger partial charge in [-0.15, -0.1) is 0 Å². The highest BCUT2D eigenvalue weighted by molar-refractivity contribution is 8.16. The molecule has 1 fully saturated rings. The van der Waals surface area contributed by atoms with E-state index in [4.69, 9.17) is 4.99 Å². The standard InChI is InChI=1S/C23H20N2OS/c1-17-12-14-18(15-13-17)16-21-22(26)25(20-10-6-3-7-11-20)23(27-21)24-19-8-4-2-5-9-19/h2-15,21H,16H2,1H3/t21-/m1/s1. The molecule has 0 N–H and O–H groups in total. The number of carbonyl (C=O) groups excluding carboxylic acids is 1. The number of hydrogen-bond donors (Lipinski definition) is 0. The fourth-order valence-corrected chi connectivity index (χ4v) is 4.24. The van der Waals surface area contributed by atoms with Gasteiger partial charge in [0.05, 0.1) is 16.6 Å². The van der Waals surface area contributed by atoms with Crippen LogP contribution in [-0.2, 0) is 11.2 Å². The second kappa shape index (κ2) is 7.80. The van der Waals surface area contributed by atoms with Gasteiger partial charge in [-0.05, 0) is 43.2 Å². The Morgan fingerprint density at radius 1 is 0.889 bits per heavy atom. The SMILES string of the molecule is Cc1ccc(C[C@H]2SC(=Nc3ccccc3)N(c3ccccc3)C2=O)cc1. The van der Waals surface area contributed by atoms with Crippen LogP contribution in [0.25, 0.3) is 0 Å². The highest BCUT2D eigenvalue weighted by Crippen LogP contribution is 2.35. The third-order valence-corrected chi connectivity index (χ3v) is 5.61. The molecular formula is C23H20N2OS. The zero-order valence-electron chi connectivity index (χ0n) is 15.1. The Balaban J connectivity index is 1.67. The molecule has 0 aromatic heterocycles. The van der Waals surface area contributed by atoms with Gasteiger partial charge in [-0.3, -0.25) is 9.69 Å². The molecule has 0 spiro atoms. The molecule has 1 aliphatic heterocycles. The minimum atomic E-state index is -0.171.